The fourth-order valence-electron chi connectivity index (χ4n) is 4.92. The summed E-state index contributed by atoms with van der Waals surface area (Å²) in [6.45, 7) is 4.77. The molecule has 1 atom stereocenters. The zero-order chi connectivity index (χ0) is 28.9. The van der Waals surface area contributed by atoms with Crippen molar-refractivity contribution in [1.29, 1.82) is 0 Å². The lowest BCUT2D eigenvalue weighted by Crippen LogP contribution is -2.29. The van der Waals surface area contributed by atoms with Gasteiger partial charge in [-0.15, -0.1) is 0 Å². The third kappa shape index (κ3) is 5.82. The van der Waals surface area contributed by atoms with Crippen LogP contribution in [0.5, 0.6) is 17.2 Å². The predicted octanol–water partition coefficient (Wildman–Crippen LogP) is 6.20. The number of rotatable bonds is 10. The summed E-state index contributed by atoms with van der Waals surface area (Å²) in [6.07, 6.45) is 1.50. The number of ketones is 1. The van der Waals surface area contributed by atoms with Crippen molar-refractivity contribution in [3.63, 3.8) is 0 Å². The molecule has 5 rings (SSSR count). The highest BCUT2D eigenvalue weighted by atomic mass is 16.5. The second-order valence-electron chi connectivity index (χ2n) is 9.65. The molecule has 0 bridgehead atoms. The molecule has 1 aromatic heterocycles. The number of hydrogen-bond acceptors (Lipinski definition) is 7. The second kappa shape index (κ2) is 12.0. The molecule has 1 aliphatic rings. The summed E-state index contributed by atoms with van der Waals surface area (Å²) >= 11 is 0. The zero-order valence-electron chi connectivity index (χ0n) is 23.1. The van der Waals surface area contributed by atoms with Crippen molar-refractivity contribution in [2.75, 3.05) is 13.7 Å². The summed E-state index contributed by atoms with van der Waals surface area (Å²) in [6, 6.07) is 22.6. The maximum atomic E-state index is 13.4. The summed E-state index contributed by atoms with van der Waals surface area (Å²) in [5.74, 6) is 0.282. The lowest BCUT2D eigenvalue weighted by atomic mass is 9.95. The zero-order valence-corrected chi connectivity index (χ0v) is 23.1. The molecular formula is C33H31NO7. The van der Waals surface area contributed by atoms with Crippen LogP contribution < -0.4 is 14.2 Å². The van der Waals surface area contributed by atoms with E-state index in [0.717, 1.165) is 11.1 Å². The standard InChI is InChI=1S/C33H31NO7/c1-4-39-27-15-12-24(18-28(27)38-3)30-29(32(36)33(37)34(30)19-26-9-6-16-40-26)31(35)23-10-13-25(14-11-23)41-20-22-8-5-7-21(2)17-22/h5-18,30,35H,4,19-20H2,1-3H3. The summed E-state index contributed by atoms with van der Waals surface area (Å²) in [5.41, 5.74) is 3.12. The Bertz CT molecular complexity index is 1570. The normalized spacial score (nSPS) is 16.2. The van der Waals surface area contributed by atoms with Gasteiger partial charge in [-0.05, 0) is 73.5 Å². The topological polar surface area (TPSA) is 98.4 Å². The molecule has 3 aromatic carbocycles. The number of benzene rings is 3. The number of amides is 1. The number of furan rings is 1. The minimum atomic E-state index is -0.887. The van der Waals surface area contributed by atoms with Crippen LogP contribution >= 0.6 is 0 Å². The van der Waals surface area contributed by atoms with Crippen LogP contribution in [0, 0.1) is 6.92 Å². The molecule has 0 aliphatic carbocycles. The fourth-order valence-corrected chi connectivity index (χ4v) is 4.92. The third-order valence-corrected chi connectivity index (χ3v) is 6.87. The van der Waals surface area contributed by atoms with Gasteiger partial charge in [0.15, 0.2) is 11.5 Å². The summed E-state index contributed by atoms with van der Waals surface area (Å²) < 4.78 is 22.5. The van der Waals surface area contributed by atoms with Gasteiger partial charge in [0.2, 0.25) is 0 Å². The van der Waals surface area contributed by atoms with E-state index in [1.54, 1.807) is 54.6 Å². The van der Waals surface area contributed by atoms with Gasteiger partial charge < -0.3 is 28.6 Å². The first-order valence-corrected chi connectivity index (χ1v) is 13.3. The average molecular weight is 554 g/mol. The smallest absolute Gasteiger partial charge is 0.296 e. The van der Waals surface area contributed by atoms with Crippen LogP contribution in [0.1, 0.15) is 41.0 Å². The number of likely N-dealkylation sites (tertiary alicyclic amines) is 1. The number of nitrogens with zero attached hydrogens (tertiary/aromatic N) is 1. The molecule has 1 amide bonds. The molecule has 1 N–H and O–H groups in total. The van der Waals surface area contributed by atoms with E-state index in [0.29, 0.717) is 47.3 Å². The quantitative estimate of drug-likeness (QED) is 0.142. The van der Waals surface area contributed by atoms with Crippen LogP contribution in [-0.4, -0.2) is 35.4 Å². The average Bonchev–Trinajstić information content (AvgIpc) is 3.59. The molecule has 4 aromatic rings. The Kier molecular flexibility index (Phi) is 8.10. The molecule has 8 nitrogen and oxygen atoms in total. The Morgan fingerprint density at radius 3 is 2.44 bits per heavy atom. The van der Waals surface area contributed by atoms with Gasteiger partial charge in [0.1, 0.15) is 23.9 Å². The van der Waals surface area contributed by atoms with Crippen molar-refractivity contribution in [3.05, 3.63) is 119 Å². The maximum Gasteiger partial charge on any atom is 0.296 e. The Hall–Kier alpha value is -4.98. The number of carbonyl (C=O) groups excluding carboxylic acids is 2. The van der Waals surface area contributed by atoms with Gasteiger partial charge in [-0.2, -0.15) is 0 Å². The lowest BCUT2D eigenvalue weighted by Gasteiger charge is -2.25. The van der Waals surface area contributed by atoms with E-state index in [9.17, 15) is 14.7 Å². The number of carbonyl (C=O) groups is 2. The highest BCUT2D eigenvalue weighted by Gasteiger charge is 2.46. The van der Waals surface area contributed by atoms with Crippen molar-refractivity contribution in [2.45, 2.75) is 33.0 Å². The van der Waals surface area contributed by atoms with Crippen molar-refractivity contribution < 1.29 is 33.3 Å². The van der Waals surface area contributed by atoms with Crippen molar-refractivity contribution in [2.24, 2.45) is 0 Å². The van der Waals surface area contributed by atoms with Crippen molar-refractivity contribution in [3.8, 4) is 17.2 Å². The van der Waals surface area contributed by atoms with Gasteiger partial charge >= 0.3 is 0 Å². The Labute approximate surface area is 238 Å². The minimum absolute atomic E-state index is 0.0267. The predicted molar refractivity (Wildman–Crippen MR) is 153 cm³/mol. The molecule has 1 saturated heterocycles. The number of aliphatic hydroxyl groups is 1. The molecule has 8 heteroatoms. The molecule has 1 aliphatic heterocycles. The Morgan fingerprint density at radius 2 is 1.76 bits per heavy atom. The summed E-state index contributed by atoms with van der Waals surface area (Å²) in [4.78, 5) is 28.1. The summed E-state index contributed by atoms with van der Waals surface area (Å²) in [7, 11) is 1.52. The lowest BCUT2D eigenvalue weighted by molar-refractivity contribution is -0.140. The number of Topliss-reactive ketones (excluding diaryl/α,β-unsaturated/α-hetero) is 1. The minimum Gasteiger partial charge on any atom is -0.507 e. The highest BCUT2D eigenvalue weighted by molar-refractivity contribution is 6.46. The van der Waals surface area contributed by atoms with Gasteiger partial charge in [0.25, 0.3) is 11.7 Å². The molecular weight excluding hydrogens is 522 g/mol. The highest BCUT2D eigenvalue weighted by Crippen LogP contribution is 2.42. The number of hydrogen-bond donors (Lipinski definition) is 1. The van der Waals surface area contributed by atoms with E-state index in [2.05, 4.69) is 6.07 Å². The molecule has 41 heavy (non-hydrogen) atoms. The third-order valence-electron chi connectivity index (χ3n) is 6.87. The molecule has 1 fully saturated rings. The largest absolute Gasteiger partial charge is 0.507 e. The van der Waals surface area contributed by atoms with Crippen LogP contribution in [0.3, 0.4) is 0 Å². The summed E-state index contributed by atoms with van der Waals surface area (Å²) in [5, 5.41) is 11.4. The van der Waals surface area contributed by atoms with Gasteiger partial charge in [-0.3, -0.25) is 9.59 Å². The van der Waals surface area contributed by atoms with Crippen LogP contribution in [-0.2, 0) is 22.7 Å². The fraction of sp³-hybridized carbons (Fsp3) is 0.212. The second-order valence-corrected chi connectivity index (χ2v) is 9.65. The van der Waals surface area contributed by atoms with Gasteiger partial charge in [0, 0.05) is 5.56 Å². The van der Waals surface area contributed by atoms with E-state index in [1.807, 2.05) is 32.0 Å². The maximum absolute atomic E-state index is 13.4. The van der Waals surface area contributed by atoms with Crippen LogP contribution in [0.2, 0.25) is 0 Å². The van der Waals surface area contributed by atoms with E-state index in [4.69, 9.17) is 18.6 Å². The Balaban J connectivity index is 1.50. The molecule has 2 heterocycles. The molecule has 0 spiro atoms. The molecule has 210 valence electrons. The number of aliphatic hydroxyl groups excluding tert-OH is 1. The molecule has 0 radical (unpaired) electrons. The van der Waals surface area contributed by atoms with E-state index in [-0.39, 0.29) is 17.9 Å². The first-order valence-electron chi connectivity index (χ1n) is 13.3. The first kappa shape index (κ1) is 27.6. The molecule has 0 saturated carbocycles. The van der Waals surface area contributed by atoms with Gasteiger partial charge in [-0.1, -0.05) is 35.9 Å². The monoisotopic (exact) mass is 553 g/mol. The van der Waals surface area contributed by atoms with E-state index >= 15 is 0 Å². The number of ether oxygens (including phenoxy) is 3. The van der Waals surface area contributed by atoms with Gasteiger partial charge in [-0.25, -0.2) is 0 Å². The number of aryl methyl sites for hydroxylation is 1. The van der Waals surface area contributed by atoms with E-state index in [1.165, 1.54) is 18.3 Å². The van der Waals surface area contributed by atoms with Gasteiger partial charge in [0.05, 0.1) is 38.1 Å². The first-order chi connectivity index (χ1) is 19.9. The van der Waals surface area contributed by atoms with Crippen LogP contribution in [0.25, 0.3) is 5.76 Å². The van der Waals surface area contributed by atoms with E-state index < -0.39 is 17.7 Å². The van der Waals surface area contributed by atoms with Crippen molar-refractivity contribution in [1.82, 2.24) is 4.90 Å². The molecule has 1 unspecified atom stereocenters. The SMILES string of the molecule is CCOc1ccc(C2C(=C(O)c3ccc(OCc4cccc(C)c4)cc3)C(=O)C(=O)N2Cc2ccco2)cc1OC. The number of methoxy groups -OCH3 is 1. The van der Waals surface area contributed by atoms with Crippen LogP contribution in [0.15, 0.2) is 95.1 Å². The Morgan fingerprint density at radius 1 is 0.951 bits per heavy atom. The van der Waals surface area contributed by atoms with Crippen LogP contribution in [0.4, 0.5) is 0 Å². The van der Waals surface area contributed by atoms with Crippen molar-refractivity contribution >= 4 is 17.4 Å².